The van der Waals surface area contributed by atoms with E-state index in [1.807, 2.05) is 12.1 Å². The Morgan fingerprint density at radius 2 is 1.88 bits per heavy atom. The van der Waals surface area contributed by atoms with Crippen LogP contribution in [0.15, 0.2) is 24.3 Å². The number of benzene rings is 1. The molecule has 17 heavy (non-hydrogen) atoms. The molecule has 1 aliphatic heterocycles. The number of nitrogens with two attached hydrogens (primary N) is 1. The molecule has 0 unspecified atom stereocenters. The zero-order valence-electron chi connectivity index (χ0n) is 9.73. The Balaban J connectivity index is 2.03. The van der Waals surface area contributed by atoms with Gasteiger partial charge in [0.1, 0.15) is 6.17 Å². The Labute approximate surface area is 100 Å². The summed E-state index contributed by atoms with van der Waals surface area (Å²) in [5, 5.41) is 0. The predicted octanol–water partition coefficient (Wildman–Crippen LogP) is 1.72. The summed E-state index contributed by atoms with van der Waals surface area (Å²) in [7, 11) is 0. The molecule has 1 heterocycles. The lowest BCUT2D eigenvalue weighted by Gasteiger charge is -2.28. The number of alkyl halides is 1. The maximum Gasteiger partial charge on any atom is 0.253 e. The van der Waals surface area contributed by atoms with Gasteiger partial charge in [0.2, 0.25) is 0 Å². The van der Waals surface area contributed by atoms with Crippen LogP contribution in [0.4, 0.5) is 4.39 Å². The third-order valence-electron chi connectivity index (χ3n) is 3.15. The Morgan fingerprint density at radius 3 is 2.41 bits per heavy atom. The maximum absolute atomic E-state index is 13.0. The molecule has 0 aromatic heterocycles. The number of likely N-dealkylation sites (tertiary alicyclic amines) is 1. The number of carbonyl (C=O) groups excluding carboxylic acids is 1. The van der Waals surface area contributed by atoms with Crippen LogP contribution in [-0.2, 0) is 6.54 Å². The molecule has 1 amide bonds. The number of amides is 1. The summed E-state index contributed by atoms with van der Waals surface area (Å²) in [6, 6.07) is 7.28. The van der Waals surface area contributed by atoms with Crippen molar-refractivity contribution in [1.29, 1.82) is 0 Å². The van der Waals surface area contributed by atoms with Crippen LogP contribution < -0.4 is 5.73 Å². The zero-order chi connectivity index (χ0) is 12.3. The van der Waals surface area contributed by atoms with Gasteiger partial charge in [-0.15, -0.1) is 0 Å². The first kappa shape index (κ1) is 12.0. The van der Waals surface area contributed by atoms with Gasteiger partial charge in [-0.3, -0.25) is 4.79 Å². The summed E-state index contributed by atoms with van der Waals surface area (Å²) in [6.07, 6.45) is 0.151. The minimum Gasteiger partial charge on any atom is -0.338 e. The van der Waals surface area contributed by atoms with E-state index in [9.17, 15) is 9.18 Å². The smallest absolute Gasteiger partial charge is 0.253 e. The highest BCUT2D eigenvalue weighted by Crippen LogP contribution is 2.16. The number of piperidine rings is 1. The topological polar surface area (TPSA) is 46.3 Å². The Kier molecular flexibility index (Phi) is 3.74. The average molecular weight is 236 g/mol. The molecule has 1 aromatic rings. The molecular formula is C13H17FN2O. The minimum absolute atomic E-state index is 0.0135. The standard InChI is InChI=1S/C13H17FN2O/c14-12-5-7-16(8-6-12)13(17)11-3-1-10(9-15)2-4-11/h1-4,12H,5-9,15H2. The van der Waals surface area contributed by atoms with Crippen molar-refractivity contribution in [2.75, 3.05) is 13.1 Å². The van der Waals surface area contributed by atoms with E-state index in [0.717, 1.165) is 5.56 Å². The Bertz CT molecular complexity index is 383. The highest BCUT2D eigenvalue weighted by Gasteiger charge is 2.22. The first-order chi connectivity index (χ1) is 8.20. The van der Waals surface area contributed by atoms with E-state index in [1.165, 1.54) is 0 Å². The van der Waals surface area contributed by atoms with Gasteiger partial charge in [-0.2, -0.15) is 0 Å². The summed E-state index contributed by atoms with van der Waals surface area (Å²) >= 11 is 0. The van der Waals surface area contributed by atoms with Gasteiger partial charge in [0.05, 0.1) is 0 Å². The van der Waals surface area contributed by atoms with Crippen molar-refractivity contribution < 1.29 is 9.18 Å². The van der Waals surface area contributed by atoms with Crippen molar-refractivity contribution in [1.82, 2.24) is 4.90 Å². The maximum atomic E-state index is 13.0. The fraction of sp³-hybridized carbons (Fsp3) is 0.462. The van der Waals surface area contributed by atoms with Gasteiger partial charge < -0.3 is 10.6 Å². The highest BCUT2D eigenvalue weighted by atomic mass is 19.1. The van der Waals surface area contributed by atoms with E-state index >= 15 is 0 Å². The van der Waals surface area contributed by atoms with Crippen LogP contribution in [0, 0.1) is 0 Å². The molecule has 0 radical (unpaired) electrons. The summed E-state index contributed by atoms with van der Waals surface area (Å²) in [6.45, 7) is 1.50. The van der Waals surface area contributed by atoms with Crippen LogP contribution in [-0.4, -0.2) is 30.1 Å². The van der Waals surface area contributed by atoms with E-state index in [4.69, 9.17) is 5.73 Å². The molecule has 0 atom stereocenters. The lowest BCUT2D eigenvalue weighted by atomic mass is 10.1. The van der Waals surface area contributed by atoms with Crippen molar-refractivity contribution in [3.8, 4) is 0 Å². The molecule has 1 fully saturated rings. The number of hydrogen-bond donors (Lipinski definition) is 1. The highest BCUT2D eigenvalue weighted by molar-refractivity contribution is 5.94. The van der Waals surface area contributed by atoms with Crippen molar-refractivity contribution in [2.45, 2.75) is 25.6 Å². The van der Waals surface area contributed by atoms with E-state index in [-0.39, 0.29) is 5.91 Å². The third-order valence-corrected chi connectivity index (χ3v) is 3.15. The molecule has 2 rings (SSSR count). The molecule has 1 aromatic carbocycles. The largest absolute Gasteiger partial charge is 0.338 e. The SMILES string of the molecule is NCc1ccc(C(=O)N2CCC(F)CC2)cc1. The number of rotatable bonds is 2. The molecular weight excluding hydrogens is 219 g/mol. The number of carbonyl (C=O) groups is 1. The fourth-order valence-corrected chi connectivity index (χ4v) is 2.02. The van der Waals surface area contributed by atoms with Crippen molar-refractivity contribution >= 4 is 5.91 Å². The quantitative estimate of drug-likeness (QED) is 0.849. The van der Waals surface area contributed by atoms with Crippen LogP contribution in [0.1, 0.15) is 28.8 Å². The molecule has 4 heteroatoms. The molecule has 3 nitrogen and oxygen atoms in total. The second-order valence-corrected chi connectivity index (χ2v) is 4.37. The lowest BCUT2D eigenvalue weighted by Crippen LogP contribution is -2.39. The minimum atomic E-state index is -0.751. The second-order valence-electron chi connectivity index (χ2n) is 4.37. The molecule has 0 saturated carbocycles. The summed E-state index contributed by atoms with van der Waals surface area (Å²) in [5.74, 6) is -0.0135. The molecule has 0 aliphatic carbocycles. The predicted molar refractivity (Wildman–Crippen MR) is 64.4 cm³/mol. The monoisotopic (exact) mass is 236 g/mol. The molecule has 92 valence electrons. The van der Waals surface area contributed by atoms with Crippen LogP contribution >= 0.6 is 0 Å². The van der Waals surface area contributed by atoms with Gasteiger partial charge in [0.25, 0.3) is 5.91 Å². The molecule has 1 aliphatic rings. The van der Waals surface area contributed by atoms with E-state index in [2.05, 4.69) is 0 Å². The van der Waals surface area contributed by atoms with Crippen LogP contribution in [0.3, 0.4) is 0 Å². The fourth-order valence-electron chi connectivity index (χ4n) is 2.02. The van der Waals surface area contributed by atoms with Gasteiger partial charge in [-0.1, -0.05) is 12.1 Å². The van der Waals surface area contributed by atoms with E-state index in [0.29, 0.717) is 38.0 Å². The summed E-state index contributed by atoms with van der Waals surface area (Å²) in [5.41, 5.74) is 7.15. The number of hydrogen-bond acceptors (Lipinski definition) is 2. The molecule has 1 saturated heterocycles. The zero-order valence-corrected chi connectivity index (χ0v) is 9.73. The lowest BCUT2D eigenvalue weighted by molar-refractivity contribution is 0.0667. The van der Waals surface area contributed by atoms with Gasteiger partial charge in [0, 0.05) is 25.2 Å². The van der Waals surface area contributed by atoms with E-state index < -0.39 is 6.17 Å². The van der Waals surface area contributed by atoms with Gasteiger partial charge in [-0.25, -0.2) is 4.39 Å². The van der Waals surface area contributed by atoms with Crippen LogP contribution in [0.25, 0.3) is 0 Å². The number of nitrogens with zero attached hydrogens (tertiary/aromatic N) is 1. The molecule has 0 bridgehead atoms. The normalized spacial score (nSPS) is 17.2. The van der Waals surface area contributed by atoms with E-state index in [1.54, 1.807) is 17.0 Å². The van der Waals surface area contributed by atoms with Crippen molar-refractivity contribution in [3.05, 3.63) is 35.4 Å². The van der Waals surface area contributed by atoms with Gasteiger partial charge >= 0.3 is 0 Å². The summed E-state index contributed by atoms with van der Waals surface area (Å²) < 4.78 is 13.0. The van der Waals surface area contributed by atoms with Crippen molar-refractivity contribution in [3.63, 3.8) is 0 Å². The van der Waals surface area contributed by atoms with Crippen molar-refractivity contribution in [2.24, 2.45) is 5.73 Å². The van der Waals surface area contributed by atoms with Gasteiger partial charge in [-0.05, 0) is 30.5 Å². The Hall–Kier alpha value is -1.42. The summed E-state index contributed by atoms with van der Waals surface area (Å²) in [4.78, 5) is 13.8. The first-order valence-electron chi connectivity index (χ1n) is 5.93. The van der Waals surface area contributed by atoms with Crippen LogP contribution in [0.5, 0.6) is 0 Å². The Morgan fingerprint density at radius 1 is 1.29 bits per heavy atom. The average Bonchev–Trinajstić information content (AvgIpc) is 2.39. The van der Waals surface area contributed by atoms with Crippen LogP contribution in [0.2, 0.25) is 0 Å². The first-order valence-corrected chi connectivity index (χ1v) is 5.93. The third kappa shape index (κ3) is 2.82. The molecule has 2 N–H and O–H groups in total. The van der Waals surface area contributed by atoms with Gasteiger partial charge in [0.15, 0.2) is 0 Å². The molecule has 0 spiro atoms. The second kappa shape index (κ2) is 5.27. The number of halogens is 1.